The van der Waals surface area contributed by atoms with Gasteiger partial charge in [-0.05, 0) is 31.2 Å². The lowest BCUT2D eigenvalue weighted by atomic mass is 10.2. The van der Waals surface area contributed by atoms with E-state index in [4.69, 9.17) is 16.3 Å². The summed E-state index contributed by atoms with van der Waals surface area (Å²) in [5, 5.41) is 0.363. The highest BCUT2D eigenvalue weighted by atomic mass is 35.5. The van der Waals surface area contributed by atoms with Crippen LogP contribution in [0.3, 0.4) is 0 Å². The molecule has 0 spiro atoms. The van der Waals surface area contributed by atoms with E-state index < -0.39 is 16.0 Å². The van der Waals surface area contributed by atoms with Gasteiger partial charge in [-0.2, -0.15) is 4.31 Å². The van der Waals surface area contributed by atoms with Crippen LogP contribution in [0.5, 0.6) is 0 Å². The third kappa shape index (κ3) is 4.91. The Morgan fingerprint density at radius 3 is 2.32 bits per heavy atom. The zero-order valence-electron chi connectivity index (χ0n) is 15.7. The van der Waals surface area contributed by atoms with Gasteiger partial charge >= 0.3 is 5.97 Å². The molecule has 0 unspecified atom stereocenters. The molecule has 6 nitrogen and oxygen atoms in total. The number of aryl methyl sites for hydroxylation is 1. The van der Waals surface area contributed by atoms with E-state index in [0.29, 0.717) is 48.2 Å². The minimum Gasteiger partial charge on any atom is -0.461 e. The van der Waals surface area contributed by atoms with Crippen molar-refractivity contribution in [2.24, 2.45) is 0 Å². The molecule has 2 aromatic carbocycles. The molecular weight excluding hydrogens is 400 g/mol. The maximum Gasteiger partial charge on any atom is 0.339 e. The average molecular weight is 423 g/mol. The van der Waals surface area contributed by atoms with Crippen molar-refractivity contribution in [1.82, 2.24) is 9.21 Å². The van der Waals surface area contributed by atoms with Crippen molar-refractivity contribution in [1.29, 1.82) is 0 Å². The zero-order valence-corrected chi connectivity index (χ0v) is 17.2. The molecule has 0 atom stereocenters. The first kappa shape index (κ1) is 20.8. The molecule has 1 fully saturated rings. The molecule has 1 aliphatic rings. The molecule has 1 heterocycles. The maximum absolute atomic E-state index is 12.7. The fourth-order valence-corrected chi connectivity index (χ4v) is 4.66. The number of hydrogen-bond acceptors (Lipinski definition) is 5. The third-order valence-corrected chi connectivity index (χ3v) is 6.97. The Bertz CT molecular complexity index is 923. The molecule has 150 valence electrons. The first-order valence-corrected chi connectivity index (χ1v) is 10.9. The number of piperazine rings is 1. The number of ether oxygens (including phenoxy) is 1. The highest BCUT2D eigenvalue weighted by Crippen LogP contribution is 2.18. The van der Waals surface area contributed by atoms with E-state index in [-0.39, 0.29) is 6.61 Å². The molecule has 1 aliphatic heterocycles. The number of hydrogen-bond donors (Lipinski definition) is 0. The van der Waals surface area contributed by atoms with Crippen LogP contribution in [0.1, 0.15) is 15.9 Å². The summed E-state index contributed by atoms with van der Waals surface area (Å²) < 4.78 is 32.2. The van der Waals surface area contributed by atoms with Crippen molar-refractivity contribution >= 4 is 27.6 Å². The molecule has 8 heteroatoms. The van der Waals surface area contributed by atoms with Crippen LogP contribution >= 0.6 is 11.6 Å². The molecule has 2 aromatic rings. The molecule has 0 N–H and O–H groups in total. The summed E-state index contributed by atoms with van der Waals surface area (Å²) >= 11 is 5.99. The Kier molecular flexibility index (Phi) is 6.72. The summed E-state index contributed by atoms with van der Waals surface area (Å²) in [6.07, 6.45) is 0. The fraction of sp³-hybridized carbons (Fsp3) is 0.350. The lowest BCUT2D eigenvalue weighted by Crippen LogP contribution is -2.49. The van der Waals surface area contributed by atoms with Crippen molar-refractivity contribution in [2.75, 3.05) is 39.3 Å². The van der Waals surface area contributed by atoms with Gasteiger partial charge in [-0.1, -0.05) is 41.4 Å². The van der Waals surface area contributed by atoms with E-state index >= 15 is 0 Å². The van der Waals surface area contributed by atoms with Crippen molar-refractivity contribution in [3.05, 3.63) is 64.7 Å². The topological polar surface area (TPSA) is 66.9 Å². The number of esters is 1. The predicted molar refractivity (Wildman–Crippen MR) is 108 cm³/mol. The largest absolute Gasteiger partial charge is 0.461 e. The summed E-state index contributed by atoms with van der Waals surface area (Å²) in [7, 11) is -3.47. The summed E-state index contributed by atoms with van der Waals surface area (Å²) in [5.74, 6) is -0.453. The highest BCUT2D eigenvalue weighted by molar-refractivity contribution is 7.89. The number of sulfonamides is 1. The molecule has 3 rings (SSSR count). The van der Waals surface area contributed by atoms with Crippen LogP contribution in [0.25, 0.3) is 0 Å². The van der Waals surface area contributed by atoms with E-state index in [0.717, 1.165) is 5.56 Å². The summed E-state index contributed by atoms with van der Waals surface area (Å²) in [6, 6.07) is 13.6. The molecule has 0 aliphatic carbocycles. The monoisotopic (exact) mass is 422 g/mol. The van der Waals surface area contributed by atoms with Crippen LogP contribution in [0.15, 0.2) is 53.4 Å². The number of carbonyl (C=O) groups excluding carboxylic acids is 1. The highest BCUT2D eigenvalue weighted by Gasteiger charge is 2.28. The molecule has 0 aromatic heterocycles. The summed E-state index contributed by atoms with van der Waals surface area (Å²) in [4.78, 5) is 14.5. The van der Waals surface area contributed by atoms with Crippen LogP contribution in [0.4, 0.5) is 0 Å². The number of carbonyl (C=O) groups is 1. The second kappa shape index (κ2) is 9.05. The van der Waals surface area contributed by atoms with Gasteiger partial charge in [-0.15, -0.1) is 0 Å². The third-order valence-electron chi connectivity index (χ3n) is 4.72. The van der Waals surface area contributed by atoms with Gasteiger partial charge in [0, 0.05) is 32.7 Å². The van der Waals surface area contributed by atoms with E-state index in [1.165, 1.54) is 4.31 Å². The Balaban J connectivity index is 1.47. The first-order chi connectivity index (χ1) is 13.4. The van der Waals surface area contributed by atoms with Crippen molar-refractivity contribution < 1.29 is 17.9 Å². The molecule has 0 bridgehead atoms. The lowest BCUT2D eigenvalue weighted by molar-refractivity contribution is 0.0445. The Labute approximate surface area is 170 Å². The van der Waals surface area contributed by atoms with Gasteiger partial charge in [0.2, 0.25) is 10.0 Å². The second-order valence-electron chi connectivity index (χ2n) is 6.67. The quantitative estimate of drug-likeness (QED) is 0.669. The first-order valence-electron chi connectivity index (χ1n) is 9.09. The van der Waals surface area contributed by atoms with E-state index in [2.05, 4.69) is 4.90 Å². The number of nitrogens with zero attached hydrogens (tertiary/aromatic N) is 2. The van der Waals surface area contributed by atoms with Gasteiger partial charge in [0.05, 0.1) is 15.5 Å². The molecule has 0 saturated carbocycles. The average Bonchev–Trinajstić information content (AvgIpc) is 2.69. The normalized spacial score (nSPS) is 16.1. The van der Waals surface area contributed by atoms with Crippen molar-refractivity contribution in [3.8, 4) is 0 Å². The summed E-state index contributed by atoms with van der Waals surface area (Å²) in [5.41, 5.74) is 1.37. The Morgan fingerprint density at radius 2 is 1.68 bits per heavy atom. The van der Waals surface area contributed by atoms with Crippen LogP contribution in [0, 0.1) is 6.92 Å². The minimum absolute atomic E-state index is 0.231. The Hall–Kier alpha value is -1.93. The van der Waals surface area contributed by atoms with Crippen LogP contribution < -0.4 is 0 Å². The number of rotatable bonds is 6. The zero-order chi connectivity index (χ0) is 20.1. The van der Waals surface area contributed by atoms with Gasteiger partial charge in [-0.3, -0.25) is 4.90 Å². The standard InChI is InChI=1S/C20H23ClN2O4S/c1-16-6-8-17(9-7-16)28(25,26)23-12-10-22(11-13-23)14-15-27-20(24)18-4-2-3-5-19(18)21/h2-9H,10-15H2,1H3. The SMILES string of the molecule is Cc1ccc(S(=O)(=O)N2CCN(CCOC(=O)c3ccccc3Cl)CC2)cc1. The second-order valence-corrected chi connectivity index (χ2v) is 9.02. The van der Waals surface area contributed by atoms with Gasteiger partial charge in [0.15, 0.2) is 0 Å². The van der Waals surface area contributed by atoms with Crippen LogP contribution in [-0.2, 0) is 14.8 Å². The molecule has 28 heavy (non-hydrogen) atoms. The smallest absolute Gasteiger partial charge is 0.339 e. The predicted octanol–water partition coefficient (Wildman–Crippen LogP) is 2.81. The summed E-state index contributed by atoms with van der Waals surface area (Å²) in [6.45, 7) is 4.71. The molecule has 0 radical (unpaired) electrons. The molecular formula is C20H23ClN2O4S. The van der Waals surface area contributed by atoms with E-state index in [1.807, 2.05) is 6.92 Å². The van der Waals surface area contributed by atoms with Gasteiger partial charge < -0.3 is 4.74 Å². The van der Waals surface area contributed by atoms with E-state index in [9.17, 15) is 13.2 Å². The fourth-order valence-electron chi connectivity index (χ4n) is 3.02. The van der Waals surface area contributed by atoms with Crippen LogP contribution in [-0.4, -0.2) is 62.9 Å². The van der Waals surface area contributed by atoms with Gasteiger partial charge in [0.25, 0.3) is 0 Å². The van der Waals surface area contributed by atoms with Crippen molar-refractivity contribution in [2.45, 2.75) is 11.8 Å². The molecule has 1 saturated heterocycles. The maximum atomic E-state index is 12.7. The number of benzene rings is 2. The van der Waals surface area contributed by atoms with Crippen molar-refractivity contribution in [3.63, 3.8) is 0 Å². The molecule has 0 amide bonds. The Morgan fingerprint density at radius 1 is 1.04 bits per heavy atom. The number of halogens is 1. The van der Waals surface area contributed by atoms with E-state index in [1.54, 1.807) is 48.5 Å². The lowest BCUT2D eigenvalue weighted by Gasteiger charge is -2.33. The minimum atomic E-state index is -3.47. The van der Waals surface area contributed by atoms with Gasteiger partial charge in [-0.25, -0.2) is 13.2 Å². The van der Waals surface area contributed by atoms with Gasteiger partial charge in [0.1, 0.15) is 6.61 Å². The van der Waals surface area contributed by atoms with Crippen LogP contribution in [0.2, 0.25) is 5.02 Å².